The van der Waals surface area contributed by atoms with Crippen molar-refractivity contribution in [3.05, 3.63) is 0 Å². The van der Waals surface area contributed by atoms with Gasteiger partial charge >= 0.3 is 11.9 Å². The van der Waals surface area contributed by atoms with Crippen molar-refractivity contribution in [3.63, 3.8) is 0 Å². The molecular formula is C28H57NO10S. The number of carbonyl (C=O) groups is 2. The minimum Gasteiger partial charge on any atom is -0.462 e. The Morgan fingerprint density at radius 2 is 1.12 bits per heavy atom. The lowest BCUT2D eigenvalue weighted by atomic mass is 10.1. The van der Waals surface area contributed by atoms with E-state index < -0.39 is 39.8 Å². The van der Waals surface area contributed by atoms with Crippen molar-refractivity contribution >= 4 is 22.1 Å². The van der Waals surface area contributed by atoms with E-state index in [-0.39, 0.29) is 25.9 Å². The van der Waals surface area contributed by atoms with Crippen LogP contribution < -0.4 is 0 Å². The molecule has 0 heterocycles. The Kier molecular flexibility index (Phi) is 27.1. The van der Waals surface area contributed by atoms with Crippen LogP contribution in [0.4, 0.5) is 0 Å². The standard InChI is InChI=1S/C22H42O7S.C6H15NO3/c1-5-9-11-13-15-18(7-3)28-21(23)17-20(30(25,26)27)22(24)29-19(8-4)16-14-12-10-6-2;8-4-1-7(2-5-9)3-6-10/h18-20H,5-17H2,1-4H3,(H,25,26,27);8-10H,1-6H2. The zero-order valence-electron chi connectivity index (χ0n) is 25.3. The van der Waals surface area contributed by atoms with Crippen LogP contribution in [-0.4, -0.2) is 102 Å². The summed E-state index contributed by atoms with van der Waals surface area (Å²) >= 11 is 0. The molecule has 0 aromatic rings. The molecule has 0 spiro atoms. The Bertz CT molecular complexity index is 706. The number of unbranched alkanes of at least 4 members (excludes halogenated alkanes) is 6. The highest BCUT2D eigenvalue weighted by molar-refractivity contribution is 7.87. The van der Waals surface area contributed by atoms with Gasteiger partial charge in [-0.15, -0.1) is 0 Å². The molecular weight excluding hydrogens is 542 g/mol. The van der Waals surface area contributed by atoms with Gasteiger partial charge in [0.05, 0.1) is 26.2 Å². The number of aliphatic hydroxyl groups is 3. The highest BCUT2D eigenvalue weighted by Gasteiger charge is 2.37. The monoisotopic (exact) mass is 599 g/mol. The van der Waals surface area contributed by atoms with Crippen LogP contribution in [0.1, 0.15) is 111 Å². The van der Waals surface area contributed by atoms with Crippen molar-refractivity contribution in [2.45, 2.75) is 129 Å². The summed E-state index contributed by atoms with van der Waals surface area (Å²) in [5, 5.41) is 23.5. The molecule has 3 unspecified atom stereocenters. The first-order valence-corrected chi connectivity index (χ1v) is 16.5. The van der Waals surface area contributed by atoms with Gasteiger partial charge in [0.1, 0.15) is 12.2 Å². The smallest absolute Gasteiger partial charge is 0.327 e. The first-order valence-electron chi connectivity index (χ1n) is 14.9. The largest absolute Gasteiger partial charge is 0.462 e. The predicted octanol–water partition coefficient (Wildman–Crippen LogP) is 3.48. The van der Waals surface area contributed by atoms with E-state index in [0.717, 1.165) is 51.4 Å². The van der Waals surface area contributed by atoms with Crippen LogP contribution in [-0.2, 0) is 29.2 Å². The molecule has 4 N–H and O–H groups in total. The van der Waals surface area contributed by atoms with E-state index in [1.54, 1.807) is 4.90 Å². The Labute approximate surface area is 242 Å². The van der Waals surface area contributed by atoms with E-state index in [4.69, 9.17) is 24.8 Å². The third kappa shape index (κ3) is 22.4. The van der Waals surface area contributed by atoms with Crippen LogP contribution in [0.25, 0.3) is 0 Å². The number of carbonyl (C=O) groups excluding carboxylic acids is 2. The molecule has 0 rings (SSSR count). The van der Waals surface area contributed by atoms with Crippen molar-refractivity contribution in [1.29, 1.82) is 0 Å². The fourth-order valence-corrected chi connectivity index (χ4v) is 4.63. The summed E-state index contributed by atoms with van der Waals surface area (Å²) in [6, 6.07) is 0. The zero-order valence-corrected chi connectivity index (χ0v) is 26.1. The predicted molar refractivity (Wildman–Crippen MR) is 156 cm³/mol. The van der Waals surface area contributed by atoms with E-state index in [0.29, 0.717) is 45.3 Å². The summed E-state index contributed by atoms with van der Waals surface area (Å²) in [7, 11) is -4.78. The molecule has 0 aliphatic heterocycles. The van der Waals surface area contributed by atoms with E-state index in [9.17, 15) is 22.6 Å². The molecule has 0 aliphatic carbocycles. The first-order chi connectivity index (χ1) is 19.0. The molecule has 0 aromatic carbocycles. The number of ether oxygens (including phenoxy) is 2. The molecule has 0 saturated heterocycles. The Hall–Kier alpha value is -1.31. The molecule has 0 aromatic heterocycles. The molecule has 0 radical (unpaired) electrons. The lowest BCUT2D eigenvalue weighted by molar-refractivity contribution is -0.156. The molecule has 0 fully saturated rings. The maximum Gasteiger partial charge on any atom is 0.327 e. The fraction of sp³-hybridized carbons (Fsp3) is 0.929. The van der Waals surface area contributed by atoms with Gasteiger partial charge in [-0.2, -0.15) is 8.42 Å². The molecule has 3 atom stereocenters. The lowest BCUT2D eigenvalue weighted by Gasteiger charge is -2.21. The van der Waals surface area contributed by atoms with Gasteiger partial charge in [0.15, 0.2) is 5.25 Å². The molecule has 0 saturated carbocycles. The summed E-state index contributed by atoms with van der Waals surface area (Å²) < 4.78 is 43.6. The Balaban J connectivity index is 0. The maximum atomic E-state index is 12.4. The number of nitrogens with zero attached hydrogens (tertiary/aromatic N) is 1. The van der Waals surface area contributed by atoms with E-state index >= 15 is 0 Å². The SMILES string of the molecule is CCCCCCC(CC)OC(=O)CC(C(=O)OC(CC)CCCCCC)S(=O)(=O)O.OCCN(CCO)CCO. The molecule has 240 valence electrons. The number of aliphatic hydroxyl groups excluding tert-OH is 3. The van der Waals surface area contributed by atoms with E-state index in [1.165, 1.54) is 0 Å². The van der Waals surface area contributed by atoms with Crippen molar-refractivity contribution in [2.75, 3.05) is 39.5 Å². The van der Waals surface area contributed by atoms with Gasteiger partial charge in [0, 0.05) is 19.6 Å². The normalized spacial score (nSPS) is 13.7. The zero-order chi connectivity index (χ0) is 30.8. The van der Waals surface area contributed by atoms with Crippen LogP contribution >= 0.6 is 0 Å². The van der Waals surface area contributed by atoms with Gasteiger partial charge < -0.3 is 24.8 Å². The number of hydrogen-bond donors (Lipinski definition) is 4. The minimum absolute atomic E-state index is 0.0694. The Morgan fingerprint density at radius 3 is 1.48 bits per heavy atom. The summed E-state index contributed by atoms with van der Waals surface area (Å²) in [4.78, 5) is 26.5. The van der Waals surface area contributed by atoms with Gasteiger partial charge in [-0.25, -0.2) is 0 Å². The van der Waals surface area contributed by atoms with E-state index in [1.807, 2.05) is 13.8 Å². The van der Waals surface area contributed by atoms with Crippen LogP contribution in [0.15, 0.2) is 0 Å². The van der Waals surface area contributed by atoms with E-state index in [2.05, 4.69) is 13.8 Å². The summed E-state index contributed by atoms with van der Waals surface area (Å²) in [6.07, 6.45) is 9.18. The fourth-order valence-electron chi connectivity index (χ4n) is 3.99. The van der Waals surface area contributed by atoms with Crippen LogP contribution in [0.3, 0.4) is 0 Å². The second-order valence-electron chi connectivity index (χ2n) is 9.91. The molecule has 40 heavy (non-hydrogen) atoms. The number of esters is 2. The first kappa shape index (κ1) is 40.8. The third-order valence-corrected chi connectivity index (χ3v) is 7.55. The van der Waals surface area contributed by atoms with Crippen LogP contribution in [0, 0.1) is 0 Å². The molecule has 0 amide bonds. The number of hydrogen-bond acceptors (Lipinski definition) is 10. The topological polar surface area (TPSA) is 171 Å². The van der Waals surface area contributed by atoms with Crippen LogP contribution in [0.2, 0.25) is 0 Å². The van der Waals surface area contributed by atoms with Gasteiger partial charge in [0.25, 0.3) is 10.1 Å². The third-order valence-electron chi connectivity index (χ3n) is 6.47. The number of rotatable bonds is 24. The summed E-state index contributed by atoms with van der Waals surface area (Å²) in [6.45, 7) is 9.69. The minimum atomic E-state index is -4.78. The molecule has 12 heteroatoms. The van der Waals surface area contributed by atoms with Gasteiger partial charge in [-0.3, -0.25) is 19.0 Å². The van der Waals surface area contributed by atoms with Crippen molar-refractivity contribution in [3.8, 4) is 0 Å². The lowest BCUT2D eigenvalue weighted by Crippen LogP contribution is -2.37. The van der Waals surface area contributed by atoms with Crippen molar-refractivity contribution < 1.29 is 47.4 Å². The second-order valence-corrected chi connectivity index (χ2v) is 11.5. The molecule has 0 aliphatic rings. The van der Waals surface area contributed by atoms with Crippen molar-refractivity contribution in [1.82, 2.24) is 4.90 Å². The van der Waals surface area contributed by atoms with Gasteiger partial charge in [0.2, 0.25) is 0 Å². The molecule has 0 bridgehead atoms. The average molecular weight is 600 g/mol. The molecule has 11 nitrogen and oxygen atoms in total. The summed E-state index contributed by atoms with van der Waals surface area (Å²) in [5.41, 5.74) is 0. The highest BCUT2D eigenvalue weighted by Crippen LogP contribution is 2.17. The summed E-state index contributed by atoms with van der Waals surface area (Å²) in [5.74, 6) is -1.90. The maximum absolute atomic E-state index is 12.4. The van der Waals surface area contributed by atoms with Gasteiger partial charge in [-0.1, -0.05) is 66.2 Å². The van der Waals surface area contributed by atoms with Crippen LogP contribution in [0.5, 0.6) is 0 Å². The van der Waals surface area contributed by atoms with Crippen molar-refractivity contribution in [2.24, 2.45) is 0 Å². The second kappa shape index (κ2) is 26.6. The average Bonchev–Trinajstić information content (AvgIpc) is 2.90. The Morgan fingerprint density at radius 1 is 0.700 bits per heavy atom. The quantitative estimate of drug-likeness (QED) is 0.0727. The van der Waals surface area contributed by atoms with Gasteiger partial charge in [-0.05, 0) is 38.5 Å². The highest BCUT2D eigenvalue weighted by atomic mass is 32.2.